The van der Waals surface area contributed by atoms with Gasteiger partial charge in [0.1, 0.15) is 0 Å². The Morgan fingerprint density at radius 1 is 0.875 bits per heavy atom. The lowest BCUT2D eigenvalue weighted by molar-refractivity contribution is -0.144. The zero-order chi connectivity index (χ0) is 28.9. The highest BCUT2D eigenvalue weighted by molar-refractivity contribution is 5.88. The molecule has 0 aliphatic heterocycles. The summed E-state index contributed by atoms with van der Waals surface area (Å²) in [7, 11) is 0. The number of ether oxygens (including phenoxy) is 2. The molecule has 1 saturated carbocycles. The number of benzene rings is 2. The molecule has 0 radical (unpaired) electrons. The van der Waals surface area contributed by atoms with Crippen LogP contribution in [0.1, 0.15) is 81.8 Å². The van der Waals surface area contributed by atoms with Gasteiger partial charge >= 0.3 is 11.9 Å². The Bertz CT molecular complexity index is 1110. The standard InChI is InChI=1S/C34H46O6/c1-4-5-6-7-27-12-15-32-19-31(17-16-30(32)18-27)29-13-10-26(11-14-29)8-9-28(22-39-33(37)24(2)20-35)23-40-34(38)25(3)21-36/h12,15-19,26,28-29,35-36H,2-11,13-14,20-23H2,1H3. The van der Waals surface area contributed by atoms with E-state index in [1.165, 1.54) is 41.2 Å². The van der Waals surface area contributed by atoms with E-state index in [-0.39, 0.29) is 30.3 Å². The fraction of sp³-hybridized carbons (Fsp3) is 0.529. The van der Waals surface area contributed by atoms with Crippen LogP contribution < -0.4 is 0 Å². The van der Waals surface area contributed by atoms with Crippen LogP contribution in [0.2, 0.25) is 0 Å². The van der Waals surface area contributed by atoms with Gasteiger partial charge in [-0.05, 0) is 85.1 Å². The lowest BCUT2D eigenvalue weighted by Crippen LogP contribution is -2.24. The van der Waals surface area contributed by atoms with Crippen molar-refractivity contribution in [1.82, 2.24) is 0 Å². The summed E-state index contributed by atoms with van der Waals surface area (Å²) in [5, 5.41) is 20.9. The maximum absolute atomic E-state index is 12.0. The van der Waals surface area contributed by atoms with Crippen LogP contribution in [-0.4, -0.2) is 48.6 Å². The molecule has 218 valence electrons. The van der Waals surface area contributed by atoms with Crippen molar-refractivity contribution >= 4 is 22.7 Å². The minimum Gasteiger partial charge on any atom is -0.462 e. The molecule has 1 fully saturated rings. The van der Waals surface area contributed by atoms with Crippen molar-refractivity contribution < 1.29 is 29.3 Å². The molecule has 0 amide bonds. The molecule has 6 heteroatoms. The van der Waals surface area contributed by atoms with Crippen LogP contribution in [0.5, 0.6) is 0 Å². The monoisotopic (exact) mass is 550 g/mol. The highest BCUT2D eigenvalue weighted by Gasteiger charge is 2.25. The van der Waals surface area contributed by atoms with E-state index in [4.69, 9.17) is 19.7 Å². The quantitative estimate of drug-likeness (QED) is 0.142. The Labute approximate surface area is 239 Å². The molecule has 0 saturated heterocycles. The molecule has 0 aromatic heterocycles. The van der Waals surface area contributed by atoms with Crippen molar-refractivity contribution in [3.8, 4) is 0 Å². The first kappa shape index (κ1) is 31.6. The van der Waals surface area contributed by atoms with Gasteiger partial charge in [-0.25, -0.2) is 9.59 Å². The normalized spacial score (nSPS) is 17.1. The summed E-state index contributed by atoms with van der Waals surface area (Å²) in [6, 6.07) is 13.9. The van der Waals surface area contributed by atoms with Gasteiger partial charge in [0.25, 0.3) is 0 Å². The average Bonchev–Trinajstić information content (AvgIpc) is 2.99. The summed E-state index contributed by atoms with van der Waals surface area (Å²) in [4.78, 5) is 23.9. The van der Waals surface area contributed by atoms with Crippen LogP contribution in [-0.2, 0) is 25.5 Å². The van der Waals surface area contributed by atoms with E-state index in [1.807, 2.05) is 0 Å². The maximum atomic E-state index is 12.0. The topological polar surface area (TPSA) is 93.1 Å². The number of carbonyl (C=O) groups is 2. The van der Waals surface area contributed by atoms with Gasteiger partial charge in [-0.3, -0.25) is 0 Å². The van der Waals surface area contributed by atoms with Crippen molar-refractivity contribution in [2.24, 2.45) is 11.8 Å². The van der Waals surface area contributed by atoms with E-state index in [9.17, 15) is 9.59 Å². The fourth-order valence-corrected chi connectivity index (χ4v) is 5.49. The average molecular weight is 551 g/mol. The molecule has 0 unspecified atom stereocenters. The second-order valence-corrected chi connectivity index (χ2v) is 11.3. The van der Waals surface area contributed by atoms with Gasteiger partial charge in [-0.15, -0.1) is 0 Å². The number of rotatable bonds is 16. The third kappa shape index (κ3) is 9.60. The predicted octanol–water partition coefficient (Wildman–Crippen LogP) is 6.43. The molecule has 0 atom stereocenters. The van der Waals surface area contributed by atoms with E-state index < -0.39 is 25.2 Å². The Morgan fingerprint density at radius 3 is 2.08 bits per heavy atom. The van der Waals surface area contributed by atoms with Gasteiger partial charge < -0.3 is 19.7 Å². The minimum absolute atomic E-state index is 0.0103. The van der Waals surface area contributed by atoms with Crippen molar-refractivity contribution in [1.29, 1.82) is 0 Å². The van der Waals surface area contributed by atoms with Crippen LogP contribution in [0.4, 0.5) is 0 Å². The zero-order valence-corrected chi connectivity index (χ0v) is 24.0. The van der Waals surface area contributed by atoms with Crippen molar-refractivity contribution in [2.45, 2.75) is 77.0 Å². The molecule has 1 aliphatic rings. The Morgan fingerprint density at radius 2 is 1.48 bits per heavy atom. The number of unbranched alkanes of at least 4 members (excludes halogenated alkanes) is 2. The second kappa shape index (κ2) is 16.3. The first-order valence-corrected chi connectivity index (χ1v) is 14.8. The summed E-state index contributed by atoms with van der Waals surface area (Å²) < 4.78 is 10.6. The number of aryl methyl sites for hydroxylation is 1. The van der Waals surface area contributed by atoms with E-state index >= 15 is 0 Å². The van der Waals surface area contributed by atoms with Crippen LogP contribution in [0.15, 0.2) is 60.7 Å². The second-order valence-electron chi connectivity index (χ2n) is 11.3. The van der Waals surface area contributed by atoms with E-state index in [0.717, 1.165) is 44.9 Å². The van der Waals surface area contributed by atoms with Crippen molar-refractivity contribution in [2.75, 3.05) is 26.4 Å². The van der Waals surface area contributed by atoms with Crippen LogP contribution >= 0.6 is 0 Å². The van der Waals surface area contributed by atoms with Crippen LogP contribution in [0, 0.1) is 11.8 Å². The molecular weight excluding hydrogens is 504 g/mol. The number of hydrogen-bond acceptors (Lipinski definition) is 6. The predicted molar refractivity (Wildman–Crippen MR) is 159 cm³/mol. The summed E-state index contributed by atoms with van der Waals surface area (Å²) in [5.74, 6) is -0.354. The molecule has 40 heavy (non-hydrogen) atoms. The van der Waals surface area contributed by atoms with Gasteiger partial charge in [0, 0.05) is 5.92 Å². The number of carbonyl (C=O) groups excluding carboxylic acids is 2. The molecule has 2 aromatic rings. The molecule has 2 aromatic carbocycles. The minimum atomic E-state index is -0.651. The number of aliphatic hydroxyl groups excluding tert-OH is 2. The summed E-state index contributed by atoms with van der Waals surface area (Å²) in [6.45, 7) is 8.45. The number of aliphatic hydroxyl groups is 2. The molecule has 6 nitrogen and oxygen atoms in total. The SMILES string of the molecule is C=C(CO)C(=O)OCC(CCC1CCC(c2ccc3cc(CCCCC)ccc3c2)CC1)COC(=O)C(=C)CO. The number of hydrogen-bond donors (Lipinski definition) is 2. The maximum Gasteiger partial charge on any atom is 0.335 e. The molecule has 0 bridgehead atoms. The zero-order valence-electron chi connectivity index (χ0n) is 24.0. The molecule has 3 rings (SSSR count). The Kier molecular flexibility index (Phi) is 12.9. The third-order valence-corrected chi connectivity index (χ3v) is 8.16. The van der Waals surface area contributed by atoms with E-state index in [0.29, 0.717) is 11.8 Å². The Balaban J connectivity index is 1.51. The highest BCUT2D eigenvalue weighted by Crippen LogP contribution is 2.39. The van der Waals surface area contributed by atoms with Crippen molar-refractivity contribution in [3.05, 3.63) is 71.8 Å². The van der Waals surface area contributed by atoms with Gasteiger partial charge in [0.15, 0.2) is 0 Å². The highest BCUT2D eigenvalue weighted by atomic mass is 16.5. The first-order valence-electron chi connectivity index (χ1n) is 14.8. The third-order valence-electron chi connectivity index (χ3n) is 8.16. The summed E-state index contributed by atoms with van der Waals surface area (Å²) in [6.07, 6.45) is 11.2. The molecule has 0 heterocycles. The fourth-order valence-electron chi connectivity index (χ4n) is 5.49. The van der Waals surface area contributed by atoms with Gasteiger partial charge in [-0.2, -0.15) is 0 Å². The van der Waals surface area contributed by atoms with Crippen molar-refractivity contribution in [3.63, 3.8) is 0 Å². The molecule has 0 spiro atoms. The Hall–Kier alpha value is -2.96. The van der Waals surface area contributed by atoms with Gasteiger partial charge in [0.2, 0.25) is 0 Å². The van der Waals surface area contributed by atoms with Gasteiger partial charge in [0.05, 0.1) is 37.6 Å². The molecule has 1 aliphatic carbocycles. The first-order chi connectivity index (χ1) is 19.3. The summed E-state index contributed by atoms with van der Waals surface area (Å²) >= 11 is 0. The molecule has 2 N–H and O–H groups in total. The number of fused-ring (bicyclic) bond motifs is 1. The smallest absolute Gasteiger partial charge is 0.335 e. The summed E-state index contributed by atoms with van der Waals surface area (Å²) in [5.41, 5.74) is 2.83. The molecular formula is C34H46O6. The number of esters is 2. The van der Waals surface area contributed by atoms with E-state index in [1.54, 1.807) is 0 Å². The lowest BCUT2D eigenvalue weighted by Gasteiger charge is -2.30. The van der Waals surface area contributed by atoms with Crippen LogP contribution in [0.25, 0.3) is 10.8 Å². The lowest BCUT2D eigenvalue weighted by atomic mass is 9.76. The van der Waals surface area contributed by atoms with Gasteiger partial charge in [-0.1, -0.05) is 69.3 Å². The largest absolute Gasteiger partial charge is 0.462 e. The van der Waals surface area contributed by atoms with Crippen LogP contribution in [0.3, 0.4) is 0 Å². The van der Waals surface area contributed by atoms with E-state index in [2.05, 4.69) is 56.5 Å².